The number of nitrogens with zero attached hydrogens (tertiary/aromatic N) is 2. The zero-order valence-corrected chi connectivity index (χ0v) is 20.2. The Hall–Kier alpha value is -4.39. The lowest BCUT2D eigenvalue weighted by molar-refractivity contribution is -0.140. The number of fused-ring (bicyclic) bond motifs is 2. The van der Waals surface area contributed by atoms with Gasteiger partial charge in [-0.15, -0.1) is 0 Å². The van der Waals surface area contributed by atoms with Crippen molar-refractivity contribution in [1.29, 1.82) is 0 Å². The number of carbonyl (C=O) groups is 1. The number of hydrogen-bond donors (Lipinski definition) is 2. The van der Waals surface area contributed by atoms with E-state index in [-0.39, 0.29) is 23.3 Å². The number of ether oxygens (including phenoxy) is 1. The first-order chi connectivity index (χ1) is 17.5. The maximum Gasteiger partial charge on any atom is 0.306 e. The van der Waals surface area contributed by atoms with Crippen molar-refractivity contribution < 1.29 is 14.6 Å². The van der Waals surface area contributed by atoms with Gasteiger partial charge in [-0.05, 0) is 48.7 Å². The van der Waals surface area contributed by atoms with Gasteiger partial charge in [0.2, 0.25) is 0 Å². The predicted molar refractivity (Wildman–Crippen MR) is 139 cm³/mol. The summed E-state index contributed by atoms with van der Waals surface area (Å²) in [4.78, 5) is 34.0. The maximum absolute atomic E-state index is 13.9. The minimum absolute atomic E-state index is 0.0845. The van der Waals surface area contributed by atoms with Crippen molar-refractivity contribution in [1.82, 2.24) is 14.5 Å². The minimum atomic E-state index is -0.696. The van der Waals surface area contributed by atoms with Gasteiger partial charge in [0.25, 0.3) is 5.56 Å². The molecule has 7 nitrogen and oxygen atoms in total. The van der Waals surface area contributed by atoms with Crippen molar-refractivity contribution in [2.24, 2.45) is 0 Å². The number of pyridine rings is 2. The van der Waals surface area contributed by atoms with E-state index in [0.29, 0.717) is 18.7 Å². The lowest BCUT2D eigenvalue weighted by Crippen LogP contribution is -2.29. The number of carbonyl (C=O) groups excluding carboxylic acids is 1. The van der Waals surface area contributed by atoms with Gasteiger partial charge in [-0.3, -0.25) is 14.6 Å². The molecule has 2 N–H and O–H groups in total. The van der Waals surface area contributed by atoms with E-state index in [1.165, 1.54) is 7.11 Å². The number of aryl methyl sites for hydroxylation is 2. The number of benzene rings is 2. The molecule has 36 heavy (non-hydrogen) atoms. The number of rotatable bonds is 7. The van der Waals surface area contributed by atoms with Crippen LogP contribution in [-0.2, 0) is 22.5 Å². The third-order valence-electron chi connectivity index (χ3n) is 6.81. The summed E-state index contributed by atoms with van der Waals surface area (Å²) in [5, 5.41) is 12.9. The third-order valence-corrected chi connectivity index (χ3v) is 6.81. The van der Waals surface area contributed by atoms with Gasteiger partial charge < -0.3 is 19.4 Å². The maximum atomic E-state index is 13.9. The molecule has 0 radical (unpaired) electrons. The molecule has 0 aliphatic heterocycles. The van der Waals surface area contributed by atoms with Crippen molar-refractivity contribution in [2.75, 3.05) is 7.11 Å². The molecule has 1 atom stereocenters. The molecule has 5 aromatic rings. The van der Waals surface area contributed by atoms with E-state index in [2.05, 4.69) is 16.0 Å². The fourth-order valence-corrected chi connectivity index (χ4v) is 4.98. The van der Waals surface area contributed by atoms with Gasteiger partial charge in [0.15, 0.2) is 0 Å². The second-order valence-corrected chi connectivity index (χ2v) is 8.90. The Morgan fingerprint density at radius 3 is 2.67 bits per heavy atom. The molecule has 0 bridgehead atoms. The van der Waals surface area contributed by atoms with Crippen LogP contribution in [0.4, 0.5) is 0 Å². The average Bonchev–Trinajstić information content (AvgIpc) is 3.30. The molecule has 3 aromatic heterocycles. The summed E-state index contributed by atoms with van der Waals surface area (Å²) in [6.07, 6.45) is 4.17. The second-order valence-electron chi connectivity index (χ2n) is 8.90. The topological polar surface area (TPSA) is 97.2 Å². The molecule has 0 amide bonds. The second kappa shape index (κ2) is 9.70. The molecule has 0 saturated heterocycles. The van der Waals surface area contributed by atoms with E-state index in [1.54, 1.807) is 29.8 Å². The van der Waals surface area contributed by atoms with E-state index >= 15 is 0 Å². The van der Waals surface area contributed by atoms with Crippen molar-refractivity contribution >= 4 is 27.8 Å². The molecular formula is C29H27N3O4. The summed E-state index contributed by atoms with van der Waals surface area (Å²) in [7, 11) is 1.32. The fraction of sp³-hybridized carbons (Fsp3) is 0.207. The highest BCUT2D eigenvalue weighted by Crippen LogP contribution is 2.35. The van der Waals surface area contributed by atoms with E-state index < -0.39 is 11.9 Å². The highest BCUT2D eigenvalue weighted by Gasteiger charge is 2.28. The Morgan fingerprint density at radius 2 is 1.86 bits per heavy atom. The molecule has 3 heterocycles. The lowest BCUT2D eigenvalue weighted by atomic mass is 9.86. The van der Waals surface area contributed by atoms with E-state index in [4.69, 9.17) is 4.74 Å². The van der Waals surface area contributed by atoms with Crippen molar-refractivity contribution in [3.8, 4) is 5.75 Å². The van der Waals surface area contributed by atoms with Gasteiger partial charge in [0, 0.05) is 46.8 Å². The van der Waals surface area contributed by atoms with Gasteiger partial charge in [0.05, 0.1) is 24.6 Å². The molecule has 2 aromatic carbocycles. The number of methoxy groups -OCH3 is 1. The molecule has 182 valence electrons. The molecule has 5 rings (SSSR count). The summed E-state index contributed by atoms with van der Waals surface area (Å²) in [6.45, 7) is 2.24. The van der Waals surface area contributed by atoms with Crippen LogP contribution in [0.1, 0.15) is 34.7 Å². The van der Waals surface area contributed by atoms with Crippen LogP contribution in [0.3, 0.4) is 0 Å². The standard InChI is InChI=1S/C29H27N3O4/c1-18-15-26(33)28(29(35)32(18)14-12-19-17-31-24-9-5-3-7-20(19)24)23(16-27(34)36-2)21-11-13-30-25-10-6-4-8-22(21)25/h3-11,13,15,17,23,31,33H,12,14,16H2,1-2H3/t23-/m1/s1. The minimum Gasteiger partial charge on any atom is -0.507 e. The monoisotopic (exact) mass is 481 g/mol. The Bertz CT molecular complexity index is 1630. The quantitative estimate of drug-likeness (QED) is 0.325. The molecular weight excluding hydrogens is 454 g/mol. The Morgan fingerprint density at radius 1 is 1.11 bits per heavy atom. The van der Waals surface area contributed by atoms with Crippen LogP contribution in [0.2, 0.25) is 0 Å². The van der Waals surface area contributed by atoms with Gasteiger partial charge in [-0.1, -0.05) is 36.4 Å². The van der Waals surface area contributed by atoms with Gasteiger partial charge in [0.1, 0.15) is 5.75 Å². The lowest BCUT2D eigenvalue weighted by Gasteiger charge is -2.21. The third kappa shape index (κ3) is 4.24. The Kier molecular flexibility index (Phi) is 6.29. The van der Waals surface area contributed by atoms with E-state index in [9.17, 15) is 14.7 Å². The highest BCUT2D eigenvalue weighted by atomic mass is 16.5. The van der Waals surface area contributed by atoms with Crippen LogP contribution in [0.15, 0.2) is 77.9 Å². The SMILES string of the molecule is COC(=O)C[C@@H](c1c(O)cc(C)n(CCc2c[nH]c3ccccc23)c1=O)c1ccnc2ccccc12. The number of aromatic hydroxyl groups is 1. The van der Waals surface area contributed by atoms with Crippen LogP contribution in [0.5, 0.6) is 5.75 Å². The zero-order chi connectivity index (χ0) is 25.2. The van der Waals surface area contributed by atoms with Crippen LogP contribution in [0.25, 0.3) is 21.8 Å². The van der Waals surface area contributed by atoms with Crippen molar-refractivity contribution in [3.05, 3.63) is 106 Å². The summed E-state index contributed by atoms with van der Waals surface area (Å²) >= 11 is 0. The summed E-state index contributed by atoms with van der Waals surface area (Å²) in [6, 6.07) is 19.0. The number of nitrogens with one attached hydrogen (secondary N) is 1. The first kappa shape index (κ1) is 23.4. The molecule has 0 unspecified atom stereocenters. The Balaban J connectivity index is 1.60. The summed E-state index contributed by atoms with van der Waals surface area (Å²) in [5.41, 5.74) is 4.16. The van der Waals surface area contributed by atoms with Crippen LogP contribution in [-0.4, -0.2) is 32.7 Å². The van der Waals surface area contributed by atoms with Crippen LogP contribution < -0.4 is 5.56 Å². The molecule has 0 saturated carbocycles. The van der Waals surface area contributed by atoms with Gasteiger partial charge >= 0.3 is 5.97 Å². The average molecular weight is 482 g/mol. The number of esters is 1. The number of H-pyrrole nitrogens is 1. The summed E-state index contributed by atoms with van der Waals surface area (Å²) in [5.74, 6) is -1.29. The van der Waals surface area contributed by atoms with Gasteiger partial charge in [-0.2, -0.15) is 0 Å². The number of aromatic amines is 1. The first-order valence-corrected chi connectivity index (χ1v) is 11.9. The highest BCUT2D eigenvalue weighted by molar-refractivity contribution is 5.84. The van der Waals surface area contributed by atoms with Crippen molar-refractivity contribution in [3.63, 3.8) is 0 Å². The molecule has 7 heteroatoms. The molecule has 0 aliphatic carbocycles. The fourth-order valence-electron chi connectivity index (χ4n) is 4.98. The molecule has 0 spiro atoms. The van der Waals surface area contributed by atoms with Crippen LogP contribution >= 0.6 is 0 Å². The largest absolute Gasteiger partial charge is 0.507 e. The molecule has 0 fully saturated rings. The number of para-hydroxylation sites is 2. The number of aromatic nitrogens is 3. The zero-order valence-electron chi connectivity index (χ0n) is 20.2. The first-order valence-electron chi connectivity index (χ1n) is 11.9. The predicted octanol–water partition coefficient (Wildman–Crippen LogP) is 4.83. The smallest absolute Gasteiger partial charge is 0.306 e. The van der Waals surface area contributed by atoms with Crippen molar-refractivity contribution in [2.45, 2.75) is 32.2 Å². The van der Waals surface area contributed by atoms with Crippen LogP contribution in [0, 0.1) is 6.92 Å². The van der Waals surface area contributed by atoms with E-state index in [0.717, 1.165) is 32.9 Å². The Labute approximate surface area is 208 Å². The molecule has 0 aliphatic rings. The summed E-state index contributed by atoms with van der Waals surface area (Å²) < 4.78 is 6.63. The van der Waals surface area contributed by atoms with E-state index in [1.807, 2.05) is 48.7 Å². The number of hydrogen-bond acceptors (Lipinski definition) is 5. The van der Waals surface area contributed by atoms with Gasteiger partial charge in [-0.25, -0.2) is 0 Å². The normalized spacial score (nSPS) is 12.2.